The third kappa shape index (κ3) is 3.78. The van der Waals surface area contributed by atoms with E-state index in [2.05, 4.69) is 32.1 Å². The van der Waals surface area contributed by atoms with Crippen LogP contribution in [0.1, 0.15) is 21.5 Å². The van der Waals surface area contributed by atoms with Crippen LogP contribution in [0.3, 0.4) is 0 Å². The van der Waals surface area contributed by atoms with Crippen molar-refractivity contribution in [3.63, 3.8) is 0 Å². The first kappa shape index (κ1) is 15.3. The number of nitrogens with one attached hydrogen (secondary N) is 1. The SMILES string of the molecule is O=C(Nc1cccnc1)c1cc(C#Cc2cncnc2)ccc1F. The summed E-state index contributed by atoms with van der Waals surface area (Å²) in [6.07, 6.45) is 7.61. The number of nitrogens with zero attached hydrogens (tertiary/aromatic N) is 3. The summed E-state index contributed by atoms with van der Waals surface area (Å²) in [7, 11) is 0. The number of halogens is 1. The number of hydrogen-bond donors (Lipinski definition) is 1. The minimum Gasteiger partial charge on any atom is -0.320 e. The van der Waals surface area contributed by atoms with E-state index in [4.69, 9.17) is 0 Å². The van der Waals surface area contributed by atoms with Gasteiger partial charge in [0, 0.05) is 24.2 Å². The van der Waals surface area contributed by atoms with E-state index >= 15 is 0 Å². The maximum atomic E-state index is 13.9. The molecule has 0 aliphatic heterocycles. The molecule has 2 aromatic heterocycles. The van der Waals surface area contributed by atoms with Crippen LogP contribution in [0.5, 0.6) is 0 Å². The summed E-state index contributed by atoms with van der Waals surface area (Å²) in [5, 5.41) is 2.59. The number of benzene rings is 1. The molecule has 0 atom stereocenters. The minimum absolute atomic E-state index is 0.0880. The molecule has 1 N–H and O–H groups in total. The predicted molar refractivity (Wildman–Crippen MR) is 86.6 cm³/mol. The zero-order valence-corrected chi connectivity index (χ0v) is 12.4. The standard InChI is InChI=1S/C18H11FN4O/c19-17-6-5-13(3-4-14-9-21-12-22-10-14)8-16(17)18(24)23-15-2-1-7-20-11-15/h1-2,5-12H,(H,23,24). The van der Waals surface area contributed by atoms with Crippen LogP contribution < -0.4 is 5.32 Å². The topological polar surface area (TPSA) is 67.8 Å². The van der Waals surface area contributed by atoms with E-state index in [1.165, 1.54) is 30.7 Å². The summed E-state index contributed by atoms with van der Waals surface area (Å²) in [5.41, 5.74) is 1.54. The number of aromatic nitrogens is 3. The number of amides is 1. The number of carbonyl (C=O) groups is 1. The molecule has 1 amide bonds. The van der Waals surface area contributed by atoms with Gasteiger partial charge in [0.25, 0.3) is 5.91 Å². The normalized spacial score (nSPS) is 9.71. The number of rotatable bonds is 2. The molecule has 6 heteroatoms. The summed E-state index contributed by atoms with van der Waals surface area (Å²) in [6, 6.07) is 7.46. The number of anilines is 1. The van der Waals surface area contributed by atoms with Crippen LogP contribution >= 0.6 is 0 Å². The fourth-order valence-electron chi connectivity index (χ4n) is 1.92. The molecule has 0 radical (unpaired) electrons. The Morgan fingerprint density at radius 3 is 2.54 bits per heavy atom. The summed E-state index contributed by atoms with van der Waals surface area (Å²) >= 11 is 0. The van der Waals surface area contributed by atoms with Crippen molar-refractivity contribution < 1.29 is 9.18 Å². The fourth-order valence-corrected chi connectivity index (χ4v) is 1.92. The van der Waals surface area contributed by atoms with Crippen LogP contribution in [-0.2, 0) is 0 Å². The van der Waals surface area contributed by atoms with Gasteiger partial charge in [-0.1, -0.05) is 11.8 Å². The highest BCUT2D eigenvalue weighted by Gasteiger charge is 2.12. The molecule has 0 fully saturated rings. The molecule has 0 saturated carbocycles. The van der Waals surface area contributed by atoms with E-state index in [1.807, 2.05) is 0 Å². The van der Waals surface area contributed by atoms with Gasteiger partial charge < -0.3 is 5.32 Å². The zero-order chi connectivity index (χ0) is 16.8. The number of hydrogen-bond acceptors (Lipinski definition) is 4. The lowest BCUT2D eigenvalue weighted by Gasteiger charge is -2.06. The van der Waals surface area contributed by atoms with Crippen molar-refractivity contribution in [2.75, 3.05) is 5.32 Å². The molecule has 5 nitrogen and oxygen atoms in total. The molecular formula is C18H11FN4O. The van der Waals surface area contributed by atoms with Gasteiger partial charge in [0.2, 0.25) is 0 Å². The van der Waals surface area contributed by atoms with Gasteiger partial charge in [0.15, 0.2) is 0 Å². The average molecular weight is 318 g/mol. The third-order valence-corrected chi connectivity index (χ3v) is 3.04. The smallest absolute Gasteiger partial charge is 0.258 e. The molecule has 0 saturated heterocycles. The van der Waals surface area contributed by atoms with Crippen molar-refractivity contribution in [1.29, 1.82) is 0 Å². The van der Waals surface area contributed by atoms with Gasteiger partial charge in [0.05, 0.1) is 23.0 Å². The molecule has 3 aromatic rings. The Hall–Kier alpha value is -3.59. The van der Waals surface area contributed by atoms with Gasteiger partial charge in [-0.15, -0.1) is 0 Å². The summed E-state index contributed by atoms with van der Waals surface area (Å²) < 4.78 is 13.9. The maximum Gasteiger partial charge on any atom is 0.258 e. The first-order chi connectivity index (χ1) is 11.7. The van der Waals surface area contributed by atoms with Crippen LogP contribution in [0.25, 0.3) is 0 Å². The van der Waals surface area contributed by atoms with E-state index < -0.39 is 11.7 Å². The zero-order valence-electron chi connectivity index (χ0n) is 12.4. The Kier molecular flexibility index (Phi) is 4.54. The second-order valence-electron chi connectivity index (χ2n) is 4.77. The molecule has 1 aromatic carbocycles. The van der Waals surface area contributed by atoms with Gasteiger partial charge in [-0.3, -0.25) is 9.78 Å². The molecule has 0 aliphatic carbocycles. The van der Waals surface area contributed by atoms with Crippen molar-refractivity contribution in [3.8, 4) is 11.8 Å². The summed E-state index contributed by atoms with van der Waals surface area (Å²) in [6.45, 7) is 0. The Morgan fingerprint density at radius 2 is 1.79 bits per heavy atom. The highest BCUT2D eigenvalue weighted by atomic mass is 19.1. The summed E-state index contributed by atoms with van der Waals surface area (Å²) in [4.78, 5) is 23.8. The quantitative estimate of drug-likeness (QED) is 0.738. The van der Waals surface area contributed by atoms with Crippen molar-refractivity contribution in [2.24, 2.45) is 0 Å². The average Bonchev–Trinajstić information content (AvgIpc) is 2.62. The van der Waals surface area contributed by atoms with E-state index in [9.17, 15) is 9.18 Å². The molecule has 116 valence electrons. The van der Waals surface area contributed by atoms with Crippen molar-refractivity contribution >= 4 is 11.6 Å². The third-order valence-electron chi connectivity index (χ3n) is 3.04. The van der Waals surface area contributed by atoms with Gasteiger partial charge in [0.1, 0.15) is 12.1 Å². The van der Waals surface area contributed by atoms with Crippen LogP contribution in [0.2, 0.25) is 0 Å². The van der Waals surface area contributed by atoms with E-state index in [0.29, 0.717) is 16.8 Å². The molecule has 0 unspecified atom stereocenters. The van der Waals surface area contributed by atoms with Gasteiger partial charge in [-0.2, -0.15) is 0 Å². The minimum atomic E-state index is -0.620. The largest absolute Gasteiger partial charge is 0.320 e. The Labute approximate surface area is 137 Å². The summed E-state index contributed by atoms with van der Waals surface area (Å²) in [5.74, 6) is 4.53. The van der Waals surface area contributed by atoms with Crippen LogP contribution in [0.15, 0.2) is 61.4 Å². The molecule has 0 bridgehead atoms. The lowest BCUT2D eigenvalue weighted by atomic mass is 10.1. The highest BCUT2D eigenvalue weighted by molar-refractivity contribution is 6.04. The van der Waals surface area contributed by atoms with Gasteiger partial charge >= 0.3 is 0 Å². The van der Waals surface area contributed by atoms with Gasteiger partial charge in [-0.05, 0) is 30.3 Å². The first-order valence-corrected chi connectivity index (χ1v) is 7.00. The van der Waals surface area contributed by atoms with E-state index in [0.717, 1.165) is 0 Å². The molecule has 0 aliphatic rings. The van der Waals surface area contributed by atoms with Gasteiger partial charge in [-0.25, -0.2) is 14.4 Å². The molecule has 3 rings (SSSR count). The number of pyridine rings is 1. The lowest BCUT2D eigenvalue weighted by molar-refractivity contribution is 0.102. The Balaban J connectivity index is 1.84. The molecule has 0 spiro atoms. The van der Waals surface area contributed by atoms with Crippen molar-refractivity contribution in [2.45, 2.75) is 0 Å². The van der Waals surface area contributed by atoms with Crippen molar-refractivity contribution in [1.82, 2.24) is 15.0 Å². The fraction of sp³-hybridized carbons (Fsp3) is 0. The second kappa shape index (κ2) is 7.11. The van der Waals surface area contributed by atoms with Crippen LogP contribution in [0, 0.1) is 17.7 Å². The lowest BCUT2D eigenvalue weighted by Crippen LogP contribution is -2.14. The maximum absolute atomic E-state index is 13.9. The Morgan fingerprint density at radius 1 is 1.00 bits per heavy atom. The molecule has 2 heterocycles. The molecule has 24 heavy (non-hydrogen) atoms. The first-order valence-electron chi connectivity index (χ1n) is 7.00. The van der Waals surface area contributed by atoms with E-state index in [1.54, 1.807) is 30.7 Å². The molecular weight excluding hydrogens is 307 g/mol. The predicted octanol–water partition coefficient (Wildman–Crippen LogP) is 2.66. The monoisotopic (exact) mass is 318 g/mol. The Bertz CT molecular complexity index is 918. The number of carbonyl (C=O) groups excluding carboxylic acids is 1. The second-order valence-corrected chi connectivity index (χ2v) is 4.77. The van der Waals surface area contributed by atoms with Crippen LogP contribution in [-0.4, -0.2) is 20.9 Å². The van der Waals surface area contributed by atoms with Crippen molar-refractivity contribution in [3.05, 3.63) is 84.0 Å². The van der Waals surface area contributed by atoms with E-state index in [-0.39, 0.29) is 5.56 Å². The van der Waals surface area contributed by atoms with Crippen LogP contribution in [0.4, 0.5) is 10.1 Å². The highest BCUT2D eigenvalue weighted by Crippen LogP contribution is 2.13.